The summed E-state index contributed by atoms with van der Waals surface area (Å²) >= 11 is 0. The van der Waals surface area contributed by atoms with Gasteiger partial charge in [-0.2, -0.15) is 0 Å². The third-order valence-electron chi connectivity index (χ3n) is 3.73. The van der Waals surface area contributed by atoms with E-state index in [1.807, 2.05) is 0 Å². The Morgan fingerprint density at radius 1 is 1.19 bits per heavy atom. The quantitative estimate of drug-likeness (QED) is 0.772. The lowest BCUT2D eigenvalue weighted by molar-refractivity contribution is 0.383. The van der Waals surface area contributed by atoms with Crippen molar-refractivity contribution >= 4 is 0 Å². The molecule has 2 fully saturated rings. The molecule has 0 unspecified atom stereocenters. The Hall–Kier alpha value is -0.410. The molecule has 1 saturated carbocycles. The van der Waals surface area contributed by atoms with Gasteiger partial charge in [-0.1, -0.05) is 6.42 Å². The van der Waals surface area contributed by atoms with E-state index in [1.165, 1.54) is 19.3 Å². The summed E-state index contributed by atoms with van der Waals surface area (Å²) in [5.41, 5.74) is 1.08. The first kappa shape index (κ1) is 12.1. The number of halogens is 1. The molecule has 2 nitrogen and oxygen atoms in total. The fourth-order valence-corrected chi connectivity index (χ4v) is 2.63. The third-order valence-corrected chi connectivity index (χ3v) is 3.73. The molecule has 16 heavy (non-hydrogen) atoms. The van der Waals surface area contributed by atoms with Gasteiger partial charge in [-0.25, -0.2) is 4.39 Å². The van der Waals surface area contributed by atoms with Crippen LogP contribution in [0.15, 0.2) is 11.4 Å². The zero-order chi connectivity index (χ0) is 11.2. The molecule has 2 rings (SSSR count). The SMILES string of the molecule is FC(CNC1CCNCC1)=C1CCCCC1. The maximum atomic E-state index is 13.8. The van der Waals surface area contributed by atoms with E-state index in [1.54, 1.807) is 0 Å². The fraction of sp³-hybridized carbons (Fsp3) is 0.846. The summed E-state index contributed by atoms with van der Waals surface area (Å²) in [6, 6.07) is 0.510. The van der Waals surface area contributed by atoms with Gasteiger partial charge in [-0.15, -0.1) is 0 Å². The minimum atomic E-state index is 0.123. The van der Waals surface area contributed by atoms with Crippen LogP contribution in [-0.2, 0) is 0 Å². The zero-order valence-electron chi connectivity index (χ0n) is 10.0. The highest BCUT2D eigenvalue weighted by Gasteiger charge is 2.15. The molecule has 2 aliphatic rings. The van der Waals surface area contributed by atoms with Crippen molar-refractivity contribution in [1.29, 1.82) is 0 Å². The van der Waals surface area contributed by atoms with Gasteiger partial charge in [0.1, 0.15) is 5.83 Å². The van der Waals surface area contributed by atoms with Crippen molar-refractivity contribution in [1.82, 2.24) is 10.6 Å². The van der Waals surface area contributed by atoms with E-state index < -0.39 is 0 Å². The van der Waals surface area contributed by atoms with Crippen molar-refractivity contribution in [3.63, 3.8) is 0 Å². The highest BCUT2D eigenvalue weighted by molar-refractivity contribution is 5.11. The smallest absolute Gasteiger partial charge is 0.113 e. The van der Waals surface area contributed by atoms with E-state index in [4.69, 9.17) is 0 Å². The van der Waals surface area contributed by atoms with Gasteiger partial charge in [0.25, 0.3) is 0 Å². The Balaban J connectivity index is 1.75. The number of allylic oxidation sites excluding steroid dienone is 1. The highest BCUT2D eigenvalue weighted by Crippen LogP contribution is 2.26. The highest BCUT2D eigenvalue weighted by atomic mass is 19.1. The minimum Gasteiger partial charge on any atom is -0.317 e. The molecule has 0 spiro atoms. The molecule has 1 saturated heterocycles. The van der Waals surface area contributed by atoms with Gasteiger partial charge in [0.05, 0.1) is 0 Å². The Morgan fingerprint density at radius 2 is 1.88 bits per heavy atom. The summed E-state index contributed by atoms with van der Waals surface area (Å²) < 4.78 is 13.8. The predicted molar refractivity (Wildman–Crippen MR) is 65.1 cm³/mol. The van der Waals surface area contributed by atoms with Crippen molar-refractivity contribution in [3.05, 3.63) is 11.4 Å². The maximum Gasteiger partial charge on any atom is 0.113 e. The summed E-state index contributed by atoms with van der Waals surface area (Å²) in [6.45, 7) is 2.59. The lowest BCUT2D eigenvalue weighted by Crippen LogP contribution is -2.40. The van der Waals surface area contributed by atoms with Crippen molar-refractivity contribution in [2.75, 3.05) is 19.6 Å². The number of hydrogen-bond acceptors (Lipinski definition) is 2. The van der Waals surface area contributed by atoms with E-state index in [2.05, 4.69) is 10.6 Å². The van der Waals surface area contributed by atoms with Gasteiger partial charge < -0.3 is 10.6 Å². The summed E-state index contributed by atoms with van der Waals surface area (Å²) in [7, 11) is 0. The van der Waals surface area contributed by atoms with E-state index >= 15 is 0 Å². The summed E-state index contributed by atoms with van der Waals surface area (Å²) in [5, 5.41) is 6.67. The second kappa shape index (κ2) is 6.36. The lowest BCUT2D eigenvalue weighted by Gasteiger charge is -2.24. The Morgan fingerprint density at radius 3 is 2.56 bits per heavy atom. The molecule has 0 amide bonds. The standard InChI is InChI=1S/C13H23FN2/c14-13(11-4-2-1-3-5-11)10-16-12-6-8-15-9-7-12/h12,15-16H,1-10H2. The molecule has 0 aromatic heterocycles. The number of rotatable bonds is 3. The normalized spacial score (nSPS) is 23.4. The molecule has 0 atom stereocenters. The van der Waals surface area contributed by atoms with Crippen LogP contribution in [0.4, 0.5) is 4.39 Å². The van der Waals surface area contributed by atoms with Crippen LogP contribution in [0, 0.1) is 0 Å². The monoisotopic (exact) mass is 226 g/mol. The molecule has 0 aromatic carbocycles. The van der Waals surface area contributed by atoms with Gasteiger partial charge in [-0.05, 0) is 57.2 Å². The number of hydrogen-bond donors (Lipinski definition) is 2. The van der Waals surface area contributed by atoms with Gasteiger partial charge in [0, 0.05) is 12.6 Å². The van der Waals surface area contributed by atoms with Crippen LogP contribution in [0.25, 0.3) is 0 Å². The molecule has 3 heteroatoms. The first-order valence-corrected chi connectivity index (χ1v) is 6.67. The summed E-state index contributed by atoms with van der Waals surface area (Å²) in [5.74, 6) is 0.123. The van der Waals surface area contributed by atoms with E-state index in [-0.39, 0.29) is 5.83 Å². The van der Waals surface area contributed by atoms with Crippen molar-refractivity contribution in [3.8, 4) is 0 Å². The van der Waals surface area contributed by atoms with Crippen molar-refractivity contribution in [2.24, 2.45) is 0 Å². The molecule has 1 aliphatic carbocycles. The van der Waals surface area contributed by atoms with Crippen LogP contribution in [0.1, 0.15) is 44.9 Å². The zero-order valence-corrected chi connectivity index (χ0v) is 10.0. The minimum absolute atomic E-state index is 0.123. The van der Waals surface area contributed by atoms with Gasteiger partial charge >= 0.3 is 0 Å². The van der Waals surface area contributed by atoms with Gasteiger partial charge in [0.2, 0.25) is 0 Å². The van der Waals surface area contributed by atoms with E-state index in [9.17, 15) is 4.39 Å². The first-order valence-electron chi connectivity index (χ1n) is 6.67. The fourth-order valence-electron chi connectivity index (χ4n) is 2.63. The van der Waals surface area contributed by atoms with Crippen LogP contribution >= 0.6 is 0 Å². The number of piperidine rings is 1. The molecule has 92 valence electrons. The summed E-state index contributed by atoms with van der Waals surface area (Å²) in [4.78, 5) is 0. The second-order valence-electron chi connectivity index (χ2n) is 4.97. The van der Waals surface area contributed by atoms with Crippen molar-refractivity contribution in [2.45, 2.75) is 51.0 Å². The van der Waals surface area contributed by atoms with E-state index in [0.29, 0.717) is 12.6 Å². The Bertz CT molecular complexity index is 236. The lowest BCUT2D eigenvalue weighted by atomic mass is 9.94. The average Bonchev–Trinajstić information content (AvgIpc) is 2.38. The van der Waals surface area contributed by atoms with Crippen LogP contribution in [0.3, 0.4) is 0 Å². The Labute approximate surface area is 97.7 Å². The molecule has 1 heterocycles. The first-order chi connectivity index (χ1) is 7.86. The van der Waals surface area contributed by atoms with Crippen LogP contribution in [0.5, 0.6) is 0 Å². The van der Waals surface area contributed by atoms with E-state index in [0.717, 1.165) is 44.3 Å². The molecule has 0 bridgehead atoms. The van der Waals surface area contributed by atoms with Gasteiger partial charge in [0.15, 0.2) is 0 Å². The number of nitrogens with one attached hydrogen (secondary N) is 2. The third kappa shape index (κ3) is 3.56. The Kier molecular flexibility index (Phi) is 4.79. The predicted octanol–water partition coefficient (Wildman–Crippen LogP) is 2.52. The van der Waals surface area contributed by atoms with Crippen LogP contribution in [0.2, 0.25) is 0 Å². The van der Waals surface area contributed by atoms with Crippen molar-refractivity contribution < 1.29 is 4.39 Å². The molecular weight excluding hydrogens is 203 g/mol. The molecule has 1 aliphatic heterocycles. The molecule has 0 aromatic rings. The molecular formula is C13H23FN2. The maximum absolute atomic E-state index is 13.8. The topological polar surface area (TPSA) is 24.1 Å². The second-order valence-corrected chi connectivity index (χ2v) is 4.97. The van der Waals surface area contributed by atoms with Crippen LogP contribution < -0.4 is 10.6 Å². The van der Waals surface area contributed by atoms with Crippen LogP contribution in [-0.4, -0.2) is 25.7 Å². The molecule has 0 radical (unpaired) electrons. The molecule has 2 N–H and O–H groups in total. The average molecular weight is 226 g/mol. The largest absolute Gasteiger partial charge is 0.317 e. The summed E-state index contributed by atoms with van der Waals surface area (Å²) in [6.07, 6.45) is 7.86. The van der Waals surface area contributed by atoms with Gasteiger partial charge in [-0.3, -0.25) is 0 Å².